The molecule has 0 N–H and O–H groups in total. The Morgan fingerprint density at radius 3 is 1.51 bits per heavy atom. The highest BCUT2D eigenvalue weighted by molar-refractivity contribution is 6.10. The summed E-state index contributed by atoms with van der Waals surface area (Å²) in [6.45, 7) is 0. The molecule has 0 fully saturated rings. The van der Waals surface area contributed by atoms with E-state index in [9.17, 15) is 0 Å². The molecule has 0 unspecified atom stereocenters. The number of hydrogen-bond donors (Lipinski definition) is 0. The molecule has 1 aromatic heterocycles. The van der Waals surface area contributed by atoms with E-state index in [-0.39, 0.29) is 0 Å². The Morgan fingerprint density at radius 2 is 0.768 bits per heavy atom. The molecule has 0 bridgehead atoms. The zero-order chi connectivity index (χ0) is 54.1. The molecule has 1 aliphatic heterocycles. The van der Waals surface area contributed by atoms with Gasteiger partial charge in [-0.2, -0.15) is 0 Å². The van der Waals surface area contributed by atoms with Crippen LogP contribution in [0.1, 0.15) is 22.3 Å². The molecule has 82 heavy (non-hydrogen) atoms. The van der Waals surface area contributed by atoms with Crippen molar-refractivity contribution in [2.45, 2.75) is 5.41 Å². The first-order valence-corrected chi connectivity index (χ1v) is 28.2. The van der Waals surface area contributed by atoms with Crippen LogP contribution in [-0.2, 0) is 5.41 Å². The van der Waals surface area contributed by atoms with E-state index in [1.54, 1.807) is 0 Å². The third kappa shape index (κ3) is 7.44. The lowest BCUT2D eigenvalue weighted by atomic mass is 9.66. The van der Waals surface area contributed by atoms with Crippen molar-refractivity contribution in [2.24, 2.45) is 0 Å². The Bertz CT molecular complexity index is 4740. The Morgan fingerprint density at radius 1 is 0.268 bits per heavy atom. The van der Waals surface area contributed by atoms with E-state index >= 15 is 0 Å². The minimum absolute atomic E-state index is 0.555. The maximum Gasteiger partial charge on any atom is 0.132 e. The molecule has 2 heterocycles. The molecular weight excluding hydrogens is 993 g/mol. The SMILES string of the molecule is c1ccc(-c2ccccc2-c2ccccc2-c2ccccc2N(c2ccc(-c3ccc4c(c3)C3(c5ccccc5Oc5ccccc53)c3ccccc3-4)cc2)c2cccc(-c3ccc4c(c3)c3ccccc3n4-c3ccccc3)c2)cc1. The van der Waals surface area contributed by atoms with Gasteiger partial charge in [0.05, 0.1) is 22.1 Å². The minimum atomic E-state index is -0.555. The topological polar surface area (TPSA) is 17.4 Å². The first-order chi connectivity index (χ1) is 40.7. The van der Waals surface area contributed by atoms with Gasteiger partial charge in [-0.3, -0.25) is 0 Å². The molecule has 0 radical (unpaired) electrons. The van der Waals surface area contributed by atoms with Gasteiger partial charge in [-0.25, -0.2) is 0 Å². The molecule has 3 heteroatoms. The molecule has 0 saturated carbocycles. The summed E-state index contributed by atoms with van der Waals surface area (Å²) in [5.74, 6) is 1.78. The van der Waals surface area contributed by atoms with Gasteiger partial charge in [0.2, 0.25) is 0 Å². The van der Waals surface area contributed by atoms with Crippen molar-refractivity contribution in [1.82, 2.24) is 4.57 Å². The Kier molecular flexibility index (Phi) is 11.1. The Labute approximate surface area is 477 Å². The minimum Gasteiger partial charge on any atom is -0.457 e. The number of nitrogens with zero attached hydrogens (tertiary/aromatic N) is 2. The lowest BCUT2D eigenvalue weighted by Gasteiger charge is -2.39. The van der Waals surface area contributed by atoms with Gasteiger partial charge in [0, 0.05) is 44.5 Å². The molecule has 16 rings (SSSR count). The fraction of sp³-hybridized carbons (Fsp3) is 0.0127. The van der Waals surface area contributed by atoms with Crippen LogP contribution < -0.4 is 9.64 Å². The summed E-state index contributed by atoms with van der Waals surface area (Å²) in [5, 5.41) is 2.45. The van der Waals surface area contributed by atoms with E-state index in [0.29, 0.717) is 0 Å². The highest BCUT2D eigenvalue weighted by Gasteiger charge is 2.51. The van der Waals surface area contributed by atoms with Crippen molar-refractivity contribution < 1.29 is 4.74 Å². The summed E-state index contributed by atoms with van der Waals surface area (Å²) >= 11 is 0. The molecule has 13 aromatic carbocycles. The van der Waals surface area contributed by atoms with E-state index in [2.05, 4.69) is 325 Å². The van der Waals surface area contributed by atoms with Crippen molar-refractivity contribution in [3.8, 4) is 83.9 Å². The number of aromatic nitrogens is 1. The van der Waals surface area contributed by atoms with Gasteiger partial charge in [-0.05, 0) is 151 Å². The normalized spacial score (nSPS) is 12.6. The molecule has 0 atom stereocenters. The van der Waals surface area contributed by atoms with Crippen LogP contribution >= 0.6 is 0 Å². The first-order valence-electron chi connectivity index (χ1n) is 28.2. The fourth-order valence-electron chi connectivity index (χ4n) is 13.5. The number of rotatable bonds is 9. The average molecular weight is 1050 g/mol. The fourth-order valence-corrected chi connectivity index (χ4v) is 13.5. The van der Waals surface area contributed by atoms with E-state index in [4.69, 9.17) is 4.74 Å². The third-order valence-corrected chi connectivity index (χ3v) is 17.1. The Balaban J connectivity index is 0.858. The zero-order valence-corrected chi connectivity index (χ0v) is 44.8. The average Bonchev–Trinajstić information content (AvgIpc) is 2.30. The molecule has 384 valence electrons. The van der Waals surface area contributed by atoms with Crippen LogP contribution in [0.5, 0.6) is 11.5 Å². The third-order valence-electron chi connectivity index (χ3n) is 17.1. The van der Waals surface area contributed by atoms with Gasteiger partial charge in [-0.15, -0.1) is 0 Å². The van der Waals surface area contributed by atoms with Crippen molar-refractivity contribution in [3.63, 3.8) is 0 Å². The highest BCUT2D eigenvalue weighted by Crippen LogP contribution is 2.62. The summed E-state index contributed by atoms with van der Waals surface area (Å²) in [4.78, 5) is 2.45. The van der Waals surface area contributed by atoms with E-state index in [0.717, 1.165) is 78.8 Å². The van der Waals surface area contributed by atoms with Gasteiger partial charge in [0.1, 0.15) is 11.5 Å². The van der Waals surface area contributed by atoms with Crippen LogP contribution in [0, 0.1) is 0 Å². The predicted octanol–water partition coefficient (Wildman–Crippen LogP) is 21.1. The van der Waals surface area contributed by atoms with Crippen LogP contribution in [0.15, 0.2) is 315 Å². The molecular formula is C79H52N2O. The quantitative estimate of drug-likeness (QED) is 0.143. The molecule has 3 nitrogen and oxygen atoms in total. The molecule has 2 aliphatic rings. The number of ether oxygens (including phenoxy) is 1. The second kappa shape index (κ2) is 19.3. The second-order valence-electron chi connectivity index (χ2n) is 21.5. The maximum atomic E-state index is 6.68. The van der Waals surface area contributed by atoms with Crippen LogP contribution in [-0.4, -0.2) is 4.57 Å². The second-order valence-corrected chi connectivity index (χ2v) is 21.5. The number of anilines is 3. The first kappa shape index (κ1) is 47.3. The van der Waals surface area contributed by atoms with E-state index in [1.165, 1.54) is 66.3 Å². The molecule has 0 amide bonds. The van der Waals surface area contributed by atoms with Gasteiger partial charge in [0.25, 0.3) is 0 Å². The molecule has 1 spiro atoms. The van der Waals surface area contributed by atoms with Crippen molar-refractivity contribution in [3.05, 3.63) is 338 Å². The summed E-state index contributed by atoms with van der Waals surface area (Å²) in [6, 6.07) is 115. The highest BCUT2D eigenvalue weighted by atomic mass is 16.5. The smallest absolute Gasteiger partial charge is 0.132 e. The predicted molar refractivity (Wildman–Crippen MR) is 340 cm³/mol. The van der Waals surface area contributed by atoms with Crippen LogP contribution in [0.2, 0.25) is 0 Å². The van der Waals surface area contributed by atoms with Gasteiger partial charge in [-0.1, -0.05) is 237 Å². The van der Waals surface area contributed by atoms with Crippen molar-refractivity contribution in [1.29, 1.82) is 0 Å². The van der Waals surface area contributed by atoms with Crippen LogP contribution in [0.25, 0.3) is 94.3 Å². The van der Waals surface area contributed by atoms with E-state index < -0.39 is 5.41 Å². The van der Waals surface area contributed by atoms with Crippen LogP contribution in [0.3, 0.4) is 0 Å². The molecule has 1 aliphatic carbocycles. The van der Waals surface area contributed by atoms with Gasteiger partial charge >= 0.3 is 0 Å². The van der Waals surface area contributed by atoms with Crippen molar-refractivity contribution in [2.75, 3.05) is 4.90 Å². The molecule has 0 saturated heterocycles. The summed E-state index contributed by atoms with van der Waals surface area (Å²) in [5.41, 5.74) is 25.1. The maximum absolute atomic E-state index is 6.68. The van der Waals surface area contributed by atoms with Crippen LogP contribution in [0.4, 0.5) is 17.1 Å². The summed E-state index contributed by atoms with van der Waals surface area (Å²) in [6.07, 6.45) is 0. The monoisotopic (exact) mass is 1040 g/mol. The van der Waals surface area contributed by atoms with Crippen molar-refractivity contribution >= 4 is 38.9 Å². The van der Waals surface area contributed by atoms with Gasteiger partial charge < -0.3 is 14.2 Å². The number of benzene rings is 13. The summed E-state index contributed by atoms with van der Waals surface area (Å²) < 4.78 is 9.06. The number of para-hydroxylation sites is 5. The zero-order valence-electron chi connectivity index (χ0n) is 44.8. The lowest BCUT2D eigenvalue weighted by molar-refractivity contribution is 0.436. The summed E-state index contributed by atoms with van der Waals surface area (Å²) in [7, 11) is 0. The van der Waals surface area contributed by atoms with Gasteiger partial charge in [0.15, 0.2) is 0 Å². The standard InChI is InChI=1S/C79H52N2O/c1-3-22-54(23-4-1)61-28-7-8-29-62(61)63-30-9-10-31-64(63)67-33-12-17-38-74(67)80(60-27-21-24-55(50-60)56-45-49-76-69(51-56)68-34-13-18-39-75(68)81(76)58-25-5-2-6-26-58)59-46-42-53(43-47-59)57-44-48-66-65-32-11-14-35-70(65)79(73(66)52-57)71-36-15-19-40-77(71)82-78-41-20-16-37-72(78)79/h1-52H. The number of hydrogen-bond acceptors (Lipinski definition) is 2. The van der Waals surface area contributed by atoms with E-state index in [1.807, 2.05) is 0 Å². The Hall–Kier alpha value is -10.7. The lowest BCUT2D eigenvalue weighted by Crippen LogP contribution is -2.32. The largest absolute Gasteiger partial charge is 0.457 e. The number of fused-ring (bicyclic) bond motifs is 12. The molecule has 14 aromatic rings.